The molecule has 0 aromatic carbocycles. The predicted octanol–water partition coefficient (Wildman–Crippen LogP) is 0.141. The molecule has 3 amide bonds. The number of amides is 3. The summed E-state index contributed by atoms with van der Waals surface area (Å²) < 4.78 is 0. The van der Waals surface area contributed by atoms with Crippen LogP contribution in [0.2, 0.25) is 0 Å². The number of nitrogens with zero attached hydrogens (tertiary/aromatic N) is 3. The summed E-state index contributed by atoms with van der Waals surface area (Å²) in [5.74, 6) is -0.632. The zero-order valence-electron chi connectivity index (χ0n) is 6.74. The van der Waals surface area contributed by atoms with E-state index in [1.807, 2.05) is 5.32 Å². The van der Waals surface area contributed by atoms with Gasteiger partial charge in [0.2, 0.25) is 5.91 Å². The Morgan fingerprint density at radius 3 is 2.58 bits per heavy atom. The monoisotopic (exact) mass is 171 g/mol. The molecule has 0 saturated heterocycles. The zero-order valence-corrected chi connectivity index (χ0v) is 6.74. The Kier molecular flexibility index (Phi) is 4.25. The van der Waals surface area contributed by atoms with Gasteiger partial charge in [-0.05, 0) is 12.5 Å². The third-order valence-electron chi connectivity index (χ3n) is 1.07. The summed E-state index contributed by atoms with van der Waals surface area (Å²) >= 11 is 0. The van der Waals surface area contributed by atoms with Crippen LogP contribution in [0.25, 0.3) is 10.4 Å². The molecule has 7 nitrogen and oxygen atoms in total. The summed E-state index contributed by atoms with van der Waals surface area (Å²) in [6.07, 6.45) is 0. The van der Waals surface area contributed by atoms with E-state index in [0.29, 0.717) is 0 Å². The topological polar surface area (TPSA) is 107 Å². The van der Waals surface area contributed by atoms with Crippen molar-refractivity contribution in [3.8, 4) is 0 Å². The highest BCUT2D eigenvalue weighted by Gasteiger charge is 2.12. The van der Waals surface area contributed by atoms with Crippen LogP contribution in [0.3, 0.4) is 0 Å². The molecule has 66 valence electrons. The van der Waals surface area contributed by atoms with E-state index in [9.17, 15) is 9.59 Å². The highest BCUT2D eigenvalue weighted by Crippen LogP contribution is 1.88. The Morgan fingerprint density at radius 2 is 2.17 bits per heavy atom. The van der Waals surface area contributed by atoms with Gasteiger partial charge in [0.25, 0.3) is 0 Å². The molecule has 1 atom stereocenters. The van der Waals surface area contributed by atoms with Crippen LogP contribution < -0.4 is 10.6 Å². The van der Waals surface area contributed by atoms with Crippen molar-refractivity contribution in [1.29, 1.82) is 0 Å². The van der Waals surface area contributed by atoms with Crippen molar-refractivity contribution < 1.29 is 9.59 Å². The second-order valence-electron chi connectivity index (χ2n) is 1.95. The molecule has 2 N–H and O–H groups in total. The third-order valence-corrected chi connectivity index (χ3v) is 1.07. The van der Waals surface area contributed by atoms with E-state index in [-0.39, 0.29) is 0 Å². The standard InChI is InChI=1S/C5H9N5O2/c1-3(9-10-6)4(11)8-5(12)7-2/h3H,1-2H3,(H2,7,8,11,12). The van der Waals surface area contributed by atoms with E-state index in [2.05, 4.69) is 15.3 Å². The second-order valence-corrected chi connectivity index (χ2v) is 1.95. The lowest BCUT2D eigenvalue weighted by molar-refractivity contribution is -0.120. The van der Waals surface area contributed by atoms with Crippen LogP contribution in [0.5, 0.6) is 0 Å². The summed E-state index contributed by atoms with van der Waals surface area (Å²) in [5.41, 5.74) is 7.95. The van der Waals surface area contributed by atoms with Gasteiger partial charge >= 0.3 is 6.03 Å². The average molecular weight is 171 g/mol. The lowest BCUT2D eigenvalue weighted by atomic mass is 10.3. The molecule has 0 rings (SSSR count). The number of rotatable bonds is 2. The number of hydrogen-bond donors (Lipinski definition) is 2. The van der Waals surface area contributed by atoms with Gasteiger partial charge in [0.1, 0.15) is 6.04 Å². The first-order valence-electron chi connectivity index (χ1n) is 3.18. The third kappa shape index (κ3) is 3.43. The molecule has 0 aliphatic carbocycles. The number of carbonyl (C=O) groups is 2. The van der Waals surface area contributed by atoms with Crippen LogP contribution in [0.15, 0.2) is 5.11 Å². The average Bonchev–Trinajstić information content (AvgIpc) is 2.04. The van der Waals surface area contributed by atoms with Crippen LogP contribution in [0.4, 0.5) is 4.79 Å². The van der Waals surface area contributed by atoms with E-state index in [1.54, 1.807) is 0 Å². The van der Waals surface area contributed by atoms with Crippen LogP contribution in [-0.2, 0) is 4.79 Å². The van der Waals surface area contributed by atoms with Crippen LogP contribution in [0.1, 0.15) is 6.92 Å². The number of imide groups is 1. The van der Waals surface area contributed by atoms with Crippen molar-refractivity contribution in [1.82, 2.24) is 10.6 Å². The minimum atomic E-state index is -0.882. The molecule has 12 heavy (non-hydrogen) atoms. The maximum absolute atomic E-state index is 10.9. The summed E-state index contributed by atoms with van der Waals surface area (Å²) in [5, 5.41) is 7.25. The molecule has 0 fully saturated rings. The number of urea groups is 1. The Bertz CT molecular complexity index is 232. The molecule has 0 aromatic heterocycles. The maximum Gasteiger partial charge on any atom is 0.321 e. The number of hydrogen-bond acceptors (Lipinski definition) is 3. The van der Waals surface area contributed by atoms with Gasteiger partial charge in [-0.15, -0.1) is 0 Å². The number of nitrogens with one attached hydrogen (secondary N) is 2. The zero-order chi connectivity index (χ0) is 9.56. The summed E-state index contributed by atoms with van der Waals surface area (Å²) in [6.45, 7) is 1.39. The summed E-state index contributed by atoms with van der Waals surface area (Å²) in [4.78, 5) is 23.8. The normalized spacial score (nSPS) is 10.8. The molecular weight excluding hydrogens is 162 g/mol. The highest BCUT2D eigenvalue weighted by atomic mass is 16.2. The van der Waals surface area contributed by atoms with Crippen molar-refractivity contribution >= 4 is 11.9 Å². The van der Waals surface area contributed by atoms with Crippen LogP contribution in [-0.4, -0.2) is 25.0 Å². The minimum Gasteiger partial charge on any atom is -0.341 e. The summed E-state index contributed by atoms with van der Waals surface area (Å²) in [6, 6.07) is -1.51. The minimum absolute atomic E-state index is 0.625. The molecule has 0 spiro atoms. The number of azide groups is 1. The lowest BCUT2D eigenvalue weighted by Crippen LogP contribution is -2.41. The van der Waals surface area contributed by atoms with Gasteiger partial charge in [-0.2, -0.15) is 0 Å². The molecule has 0 bridgehead atoms. The van der Waals surface area contributed by atoms with Gasteiger partial charge in [0.05, 0.1) is 0 Å². The lowest BCUT2D eigenvalue weighted by Gasteiger charge is -2.04. The molecule has 0 saturated carbocycles. The fourth-order valence-corrected chi connectivity index (χ4v) is 0.409. The fourth-order valence-electron chi connectivity index (χ4n) is 0.409. The van der Waals surface area contributed by atoms with Crippen molar-refractivity contribution in [2.45, 2.75) is 13.0 Å². The quantitative estimate of drug-likeness (QED) is 0.350. The largest absolute Gasteiger partial charge is 0.341 e. The van der Waals surface area contributed by atoms with Crippen LogP contribution >= 0.6 is 0 Å². The molecule has 0 radical (unpaired) electrons. The van der Waals surface area contributed by atoms with Gasteiger partial charge in [-0.1, -0.05) is 5.11 Å². The van der Waals surface area contributed by atoms with E-state index < -0.39 is 18.0 Å². The fraction of sp³-hybridized carbons (Fsp3) is 0.600. The van der Waals surface area contributed by atoms with Crippen molar-refractivity contribution in [2.75, 3.05) is 7.05 Å². The Hall–Kier alpha value is -1.75. The van der Waals surface area contributed by atoms with Gasteiger partial charge in [0, 0.05) is 12.0 Å². The Labute approximate surface area is 68.8 Å². The van der Waals surface area contributed by atoms with Gasteiger partial charge < -0.3 is 5.32 Å². The highest BCUT2D eigenvalue weighted by molar-refractivity contribution is 5.96. The second kappa shape index (κ2) is 4.97. The first-order valence-corrected chi connectivity index (χ1v) is 3.18. The van der Waals surface area contributed by atoms with Gasteiger partial charge in [-0.3, -0.25) is 10.1 Å². The van der Waals surface area contributed by atoms with Crippen molar-refractivity contribution in [3.63, 3.8) is 0 Å². The van der Waals surface area contributed by atoms with Crippen molar-refractivity contribution in [2.24, 2.45) is 5.11 Å². The smallest absolute Gasteiger partial charge is 0.321 e. The molecule has 7 heteroatoms. The van der Waals surface area contributed by atoms with Crippen LogP contribution in [0, 0.1) is 0 Å². The molecule has 0 aliphatic rings. The predicted molar refractivity (Wildman–Crippen MR) is 41.2 cm³/mol. The molecule has 0 aliphatic heterocycles. The first kappa shape index (κ1) is 10.2. The Balaban J connectivity index is 4.03. The number of carbonyl (C=O) groups excluding carboxylic acids is 2. The van der Waals surface area contributed by atoms with Gasteiger partial charge in [0.15, 0.2) is 0 Å². The van der Waals surface area contributed by atoms with E-state index in [1.165, 1.54) is 14.0 Å². The molecule has 0 aromatic rings. The maximum atomic E-state index is 10.9. The summed E-state index contributed by atoms with van der Waals surface area (Å²) in [7, 11) is 1.38. The first-order chi connectivity index (χ1) is 5.61. The van der Waals surface area contributed by atoms with E-state index in [4.69, 9.17) is 5.53 Å². The van der Waals surface area contributed by atoms with Gasteiger partial charge in [-0.25, -0.2) is 4.79 Å². The van der Waals surface area contributed by atoms with Crippen molar-refractivity contribution in [3.05, 3.63) is 10.4 Å². The van der Waals surface area contributed by atoms with E-state index >= 15 is 0 Å². The molecule has 1 unspecified atom stereocenters. The molecule has 0 heterocycles. The Morgan fingerprint density at radius 1 is 1.58 bits per heavy atom. The SMILES string of the molecule is CNC(=O)NC(=O)C(C)N=[N+]=[N-]. The van der Waals surface area contributed by atoms with E-state index in [0.717, 1.165) is 0 Å². The molecular formula is C5H9N5O2.